The average molecular weight is 409 g/mol. The van der Waals surface area contributed by atoms with E-state index in [1.165, 1.54) is 49.4 Å². The van der Waals surface area contributed by atoms with Gasteiger partial charge in [-0.25, -0.2) is 0 Å². The molecule has 0 atom stereocenters. The molecule has 5 rings (SSSR count). The summed E-state index contributed by atoms with van der Waals surface area (Å²) in [5.74, 6) is 6.52. The van der Waals surface area contributed by atoms with Gasteiger partial charge in [0.25, 0.3) is 0 Å². The predicted molar refractivity (Wildman–Crippen MR) is 139 cm³/mol. The van der Waals surface area contributed by atoms with Gasteiger partial charge in [0.05, 0.1) is 0 Å². The number of rotatable bonds is 2. The highest BCUT2D eigenvalue weighted by molar-refractivity contribution is 6.14. The Morgan fingerprint density at radius 3 is 2.03 bits per heavy atom. The highest BCUT2D eigenvalue weighted by Crippen LogP contribution is 2.35. The van der Waals surface area contributed by atoms with Crippen LogP contribution in [-0.2, 0) is 0 Å². The highest BCUT2D eigenvalue weighted by atomic mass is 14.1. The normalized spacial score (nSPS) is 11.1. The molecule has 0 aromatic heterocycles. The van der Waals surface area contributed by atoms with E-state index in [2.05, 4.69) is 129 Å². The van der Waals surface area contributed by atoms with E-state index in [9.17, 15) is 0 Å². The minimum atomic E-state index is 1.06. The second kappa shape index (κ2) is 8.58. The third kappa shape index (κ3) is 3.94. The molecule has 0 N–H and O–H groups in total. The molecule has 0 fully saturated rings. The molecule has 32 heavy (non-hydrogen) atoms. The summed E-state index contributed by atoms with van der Waals surface area (Å²) in [6.07, 6.45) is 4.11. The molecular formula is C32H24. The van der Waals surface area contributed by atoms with E-state index >= 15 is 0 Å². The van der Waals surface area contributed by atoms with E-state index in [4.69, 9.17) is 0 Å². The second-order valence-electron chi connectivity index (χ2n) is 8.26. The third-order valence-electron chi connectivity index (χ3n) is 5.80. The molecule has 5 aromatic rings. The summed E-state index contributed by atoms with van der Waals surface area (Å²) in [4.78, 5) is 0. The Morgan fingerprint density at radius 1 is 0.594 bits per heavy atom. The Balaban J connectivity index is 1.64. The van der Waals surface area contributed by atoms with Crippen LogP contribution in [0.25, 0.3) is 38.7 Å². The van der Waals surface area contributed by atoms with Crippen molar-refractivity contribution in [3.05, 3.63) is 125 Å². The van der Waals surface area contributed by atoms with Gasteiger partial charge in [-0.3, -0.25) is 0 Å². The lowest BCUT2D eigenvalue weighted by atomic mass is 9.92. The maximum Gasteiger partial charge on any atom is 0.0254 e. The van der Waals surface area contributed by atoms with Crippen molar-refractivity contribution in [3.8, 4) is 23.0 Å². The largest absolute Gasteiger partial charge is 0.0696 e. The number of benzene rings is 5. The fraction of sp³-hybridized carbons (Fsp3) is 0.0625. The van der Waals surface area contributed by atoms with Crippen molar-refractivity contribution in [2.24, 2.45) is 0 Å². The van der Waals surface area contributed by atoms with Crippen LogP contribution in [0.5, 0.6) is 0 Å². The lowest BCUT2D eigenvalue weighted by Crippen LogP contribution is -1.86. The lowest BCUT2D eigenvalue weighted by molar-refractivity contribution is 1.37. The van der Waals surface area contributed by atoms with Crippen molar-refractivity contribution in [2.75, 3.05) is 0 Å². The standard InChI is InChI=1S/C32H24/c1-23-19-24(2)21-25(20-23)11-6-7-14-27-22-32-28(26-12-4-3-5-13-26)17-10-18-31(32)30-16-9-8-15-29(27)30/h3-5,7-10,12-22H,1-2H3. The molecule has 0 heterocycles. The monoisotopic (exact) mass is 408 g/mol. The molecule has 0 saturated heterocycles. The summed E-state index contributed by atoms with van der Waals surface area (Å²) in [6, 6.07) is 34.6. The molecule has 0 aliphatic rings. The predicted octanol–water partition coefficient (Wildman–Crippen LogP) is 8.34. The van der Waals surface area contributed by atoms with E-state index in [1.54, 1.807) is 0 Å². The van der Waals surface area contributed by atoms with E-state index in [-0.39, 0.29) is 0 Å². The zero-order valence-corrected chi connectivity index (χ0v) is 18.4. The van der Waals surface area contributed by atoms with Crippen molar-refractivity contribution in [1.82, 2.24) is 0 Å². The molecule has 0 bridgehead atoms. The minimum Gasteiger partial charge on any atom is -0.0696 e. The Labute approximate surface area is 189 Å². The van der Waals surface area contributed by atoms with E-state index in [1.807, 2.05) is 6.08 Å². The molecule has 0 saturated carbocycles. The van der Waals surface area contributed by atoms with Gasteiger partial charge in [0.1, 0.15) is 0 Å². The van der Waals surface area contributed by atoms with Gasteiger partial charge < -0.3 is 0 Å². The molecule has 0 nitrogen and oxygen atoms in total. The van der Waals surface area contributed by atoms with Gasteiger partial charge in [-0.05, 0) is 93.6 Å². The van der Waals surface area contributed by atoms with Gasteiger partial charge in [0, 0.05) is 5.56 Å². The van der Waals surface area contributed by atoms with Crippen LogP contribution in [0.1, 0.15) is 22.3 Å². The molecular weight excluding hydrogens is 384 g/mol. The van der Waals surface area contributed by atoms with Crippen molar-refractivity contribution < 1.29 is 0 Å². The number of hydrogen-bond acceptors (Lipinski definition) is 0. The van der Waals surface area contributed by atoms with Crippen LogP contribution >= 0.6 is 0 Å². The first-order chi connectivity index (χ1) is 15.7. The van der Waals surface area contributed by atoms with Gasteiger partial charge in [0.2, 0.25) is 0 Å². The second-order valence-corrected chi connectivity index (χ2v) is 8.26. The van der Waals surface area contributed by atoms with Crippen molar-refractivity contribution >= 4 is 27.6 Å². The van der Waals surface area contributed by atoms with Gasteiger partial charge in [-0.1, -0.05) is 90.7 Å². The van der Waals surface area contributed by atoms with Crippen LogP contribution in [-0.4, -0.2) is 0 Å². The van der Waals surface area contributed by atoms with Gasteiger partial charge in [0.15, 0.2) is 0 Å². The Hall–Kier alpha value is -4.08. The first-order valence-corrected chi connectivity index (χ1v) is 11.0. The number of hydrogen-bond donors (Lipinski definition) is 0. The topological polar surface area (TPSA) is 0 Å². The van der Waals surface area contributed by atoms with Crippen LogP contribution < -0.4 is 0 Å². The molecule has 0 heteroatoms. The molecule has 0 radical (unpaired) electrons. The molecule has 152 valence electrons. The molecule has 0 aliphatic carbocycles. The van der Waals surface area contributed by atoms with Crippen molar-refractivity contribution in [3.63, 3.8) is 0 Å². The molecule has 5 aromatic carbocycles. The summed E-state index contributed by atoms with van der Waals surface area (Å²) in [5.41, 5.74) is 7.22. The van der Waals surface area contributed by atoms with E-state index in [0.29, 0.717) is 0 Å². The average Bonchev–Trinajstić information content (AvgIpc) is 2.81. The Morgan fingerprint density at radius 2 is 1.25 bits per heavy atom. The highest BCUT2D eigenvalue weighted by Gasteiger charge is 2.09. The SMILES string of the molecule is Cc1cc(C)cc(C#CC=Cc2cc3c(-c4ccccc4)cccc3c3ccccc23)c1. The van der Waals surface area contributed by atoms with Crippen LogP contribution in [0, 0.1) is 25.7 Å². The molecule has 0 unspecified atom stereocenters. The third-order valence-corrected chi connectivity index (χ3v) is 5.80. The van der Waals surface area contributed by atoms with Crippen LogP contribution in [0.4, 0.5) is 0 Å². The van der Waals surface area contributed by atoms with Crippen LogP contribution in [0.3, 0.4) is 0 Å². The molecule has 0 spiro atoms. The summed E-state index contributed by atoms with van der Waals surface area (Å²) < 4.78 is 0. The van der Waals surface area contributed by atoms with E-state index in [0.717, 1.165) is 5.56 Å². The zero-order chi connectivity index (χ0) is 21.9. The number of allylic oxidation sites excluding steroid dienone is 1. The van der Waals surface area contributed by atoms with E-state index < -0.39 is 0 Å². The van der Waals surface area contributed by atoms with Crippen molar-refractivity contribution in [2.45, 2.75) is 13.8 Å². The summed E-state index contributed by atoms with van der Waals surface area (Å²) in [7, 11) is 0. The lowest BCUT2D eigenvalue weighted by Gasteiger charge is -2.12. The summed E-state index contributed by atoms with van der Waals surface area (Å²) in [5, 5.41) is 5.05. The summed E-state index contributed by atoms with van der Waals surface area (Å²) >= 11 is 0. The van der Waals surface area contributed by atoms with Crippen LogP contribution in [0.15, 0.2) is 103 Å². The first kappa shape index (κ1) is 19.9. The number of aryl methyl sites for hydroxylation is 2. The Kier molecular flexibility index (Phi) is 5.32. The van der Waals surface area contributed by atoms with Crippen LogP contribution in [0.2, 0.25) is 0 Å². The zero-order valence-electron chi connectivity index (χ0n) is 18.4. The van der Waals surface area contributed by atoms with Gasteiger partial charge in [-0.2, -0.15) is 0 Å². The maximum absolute atomic E-state index is 3.28. The number of fused-ring (bicyclic) bond motifs is 3. The smallest absolute Gasteiger partial charge is 0.0254 e. The fourth-order valence-corrected chi connectivity index (χ4v) is 4.47. The molecule has 0 aliphatic heterocycles. The van der Waals surface area contributed by atoms with Gasteiger partial charge >= 0.3 is 0 Å². The summed E-state index contributed by atoms with van der Waals surface area (Å²) in [6.45, 7) is 4.22. The molecule has 0 amide bonds. The maximum atomic E-state index is 3.28. The quantitative estimate of drug-likeness (QED) is 0.203. The van der Waals surface area contributed by atoms with Gasteiger partial charge in [-0.15, -0.1) is 0 Å². The van der Waals surface area contributed by atoms with Crippen molar-refractivity contribution in [1.29, 1.82) is 0 Å². The fourth-order valence-electron chi connectivity index (χ4n) is 4.47. The Bertz CT molecular complexity index is 1500. The first-order valence-electron chi connectivity index (χ1n) is 11.0. The minimum absolute atomic E-state index is 1.06.